The summed E-state index contributed by atoms with van der Waals surface area (Å²) < 4.78 is 10.2. The van der Waals surface area contributed by atoms with E-state index in [-0.39, 0.29) is 18.0 Å². The van der Waals surface area contributed by atoms with Crippen molar-refractivity contribution in [2.45, 2.75) is 6.61 Å². The first kappa shape index (κ1) is 17.7. The molecule has 0 aliphatic carbocycles. The molecule has 8 nitrogen and oxygen atoms in total. The van der Waals surface area contributed by atoms with Crippen LogP contribution < -0.4 is 9.47 Å². The lowest BCUT2D eigenvalue weighted by molar-refractivity contribution is -0.385. The maximum absolute atomic E-state index is 11.1. The molecule has 0 aliphatic rings. The second-order valence-corrected chi connectivity index (χ2v) is 4.80. The molecule has 2 aromatic rings. The van der Waals surface area contributed by atoms with Crippen LogP contribution in [0.5, 0.6) is 11.5 Å². The van der Waals surface area contributed by atoms with E-state index in [0.29, 0.717) is 22.4 Å². The number of nitro benzene ring substituents is 1. The van der Waals surface area contributed by atoms with Gasteiger partial charge in [-0.1, -0.05) is 23.4 Å². The Bertz CT molecular complexity index is 843. The third kappa shape index (κ3) is 4.23. The van der Waals surface area contributed by atoms with Gasteiger partial charge >= 0.3 is 5.69 Å². The third-order valence-electron chi connectivity index (χ3n) is 3.35. The number of methoxy groups -OCH3 is 2. The zero-order valence-electron chi connectivity index (χ0n) is 13.6. The summed E-state index contributed by atoms with van der Waals surface area (Å²) in [6.45, 7) is 0.0980. The Balaban J connectivity index is 2.18. The summed E-state index contributed by atoms with van der Waals surface area (Å²) in [7, 11) is 2.77. The molecule has 0 spiro atoms. The summed E-state index contributed by atoms with van der Waals surface area (Å²) in [6.07, 6.45) is 1.31. The monoisotopic (exact) mass is 341 g/mol. The van der Waals surface area contributed by atoms with Gasteiger partial charge in [0.05, 0.1) is 37.0 Å². The van der Waals surface area contributed by atoms with Gasteiger partial charge in [0.25, 0.3) is 0 Å². The normalized spacial score (nSPS) is 10.3. The van der Waals surface area contributed by atoms with Crippen molar-refractivity contribution in [1.82, 2.24) is 0 Å². The topological polar surface area (TPSA) is 107 Å². The van der Waals surface area contributed by atoms with E-state index >= 15 is 0 Å². The molecule has 2 rings (SSSR count). The van der Waals surface area contributed by atoms with Gasteiger partial charge in [0.2, 0.25) is 5.75 Å². The van der Waals surface area contributed by atoms with Crippen molar-refractivity contribution >= 4 is 11.9 Å². The van der Waals surface area contributed by atoms with Crippen LogP contribution in [0.25, 0.3) is 0 Å². The fourth-order valence-electron chi connectivity index (χ4n) is 2.11. The van der Waals surface area contributed by atoms with Gasteiger partial charge in [-0.15, -0.1) is 0 Å². The summed E-state index contributed by atoms with van der Waals surface area (Å²) in [4.78, 5) is 15.7. The van der Waals surface area contributed by atoms with Crippen LogP contribution in [0.2, 0.25) is 0 Å². The second-order valence-electron chi connectivity index (χ2n) is 4.80. The molecule has 0 atom stereocenters. The van der Waals surface area contributed by atoms with E-state index in [1.54, 1.807) is 24.3 Å². The lowest BCUT2D eigenvalue weighted by Gasteiger charge is -2.08. The van der Waals surface area contributed by atoms with Crippen molar-refractivity contribution in [3.05, 3.63) is 63.2 Å². The van der Waals surface area contributed by atoms with E-state index in [9.17, 15) is 10.1 Å². The summed E-state index contributed by atoms with van der Waals surface area (Å²) in [5.74, 6) is 0.440. The van der Waals surface area contributed by atoms with Crippen molar-refractivity contribution in [1.29, 1.82) is 5.26 Å². The van der Waals surface area contributed by atoms with E-state index in [4.69, 9.17) is 19.6 Å². The van der Waals surface area contributed by atoms with Gasteiger partial charge in [0, 0.05) is 23.3 Å². The molecule has 0 saturated heterocycles. The Labute approximate surface area is 144 Å². The van der Waals surface area contributed by atoms with E-state index < -0.39 is 4.92 Å². The zero-order chi connectivity index (χ0) is 18.2. The van der Waals surface area contributed by atoms with Crippen LogP contribution in [-0.2, 0) is 11.4 Å². The quantitative estimate of drug-likeness (QED) is 0.435. The first-order valence-electron chi connectivity index (χ1n) is 7.14. The Morgan fingerprint density at radius 3 is 2.60 bits per heavy atom. The summed E-state index contributed by atoms with van der Waals surface area (Å²) >= 11 is 0. The smallest absolute Gasteiger partial charge is 0.311 e. The highest BCUT2D eigenvalue weighted by molar-refractivity contribution is 5.85. The first-order chi connectivity index (χ1) is 12.1. The molecule has 128 valence electrons. The fourth-order valence-corrected chi connectivity index (χ4v) is 2.11. The number of hydrogen-bond donors (Lipinski definition) is 0. The van der Waals surface area contributed by atoms with Gasteiger partial charge in [-0.2, -0.15) is 5.26 Å². The van der Waals surface area contributed by atoms with Gasteiger partial charge in [0.15, 0.2) is 0 Å². The molecule has 0 fully saturated rings. The molecule has 0 aromatic heterocycles. The van der Waals surface area contributed by atoms with Gasteiger partial charge in [-0.05, 0) is 6.07 Å². The molecule has 8 heteroatoms. The molecule has 0 N–H and O–H groups in total. The van der Waals surface area contributed by atoms with Crippen molar-refractivity contribution in [2.75, 3.05) is 14.2 Å². The number of ether oxygens (including phenoxy) is 2. The summed E-state index contributed by atoms with van der Waals surface area (Å²) in [5.41, 5.74) is 1.34. The minimum Gasteiger partial charge on any atom is -0.496 e. The van der Waals surface area contributed by atoms with Crippen LogP contribution in [0.1, 0.15) is 16.7 Å². The predicted molar refractivity (Wildman–Crippen MR) is 89.7 cm³/mol. The Kier molecular flexibility index (Phi) is 5.90. The number of benzene rings is 2. The van der Waals surface area contributed by atoms with Crippen molar-refractivity contribution in [3.8, 4) is 17.6 Å². The third-order valence-corrected chi connectivity index (χ3v) is 3.35. The molecule has 0 radical (unpaired) electrons. The molecule has 0 aliphatic heterocycles. The minimum absolute atomic E-state index is 0.0860. The average molecular weight is 341 g/mol. The molecular formula is C17H15N3O5. The number of hydrogen-bond acceptors (Lipinski definition) is 7. The van der Waals surface area contributed by atoms with E-state index in [1.807, 2.05) is 0 Å². The lowest BCUT2D eigenvalue weighted by atomic mass is 10.1. The van der Waals surface area contributed by atoms with Gasteiger partial charge < -0.3 is 14.3 Å². The summed E-state index contributed by atoms with van der Waals surface area (Å²) in [5, 5.41) is 23.9. The SMILES string of the molecule is COc1cc(OC)c([N+](=O)[O-])cc1/C=N\OCc1ccccc1C#N. The molecule has 25 heavy (non-hydrogen) atoms. The number of nitriles is 1. The van der Waals surface area contributed by atoms with Crippen molar-refractivity contribution in [3.63, 3.8) is 0 Å². The molecule has 0 saturated carbocycles. The molecular weight excluding hydrogens is 326 g/mol. The fraction of sp³-hybridized carbons (Fsp3) is 0.176. The van der Waals surface area contributed by atoms with Crippen molar-refractivity contribution < 1.29 is 19.2 Å². The summed E-state index contributed by atoms with van der Waals surface area (Å²) in [6, 6.07) is 11.7. The number of rotatable bonds is 7. The average Bonchev–Trinajstić information content (AvgIpc) is 2.64. The van der Waals surface area contributed by atoms with Crippen LogP contribution in [0.4, 0.5) is 5.69 Å². The Morgan fingerprint density at radius 2 is 1.96 bits per heavy atom. The highest BCUT2D eigenvalue weighted by Gasteiger charge is 2.18. The van der Waals surface area contributed by atoms with Crippen LogP contribution in [0.15, 0.2) is 41.6 Å². The zero-order valence-corrected chi connectivity index (χ0v) is 13.6. The molecule has 0 heterocycles. The molecule has 0 bridgehead atoms. The van der Waals surface area contributed by atoms with Crippen LogP contribution in [-0.4, -0.2) is 25.4 Å². The van der Waals surface area contributed by atoms with Crippen LogP contribution >= 0.6 is 0 Å². The Morgan fingerprint density at radius 1 is 1.24 bits per heavy atom. The first-order valence-corrected chi connectivity index (χ1v) is 7.14. The maximum Gasteiger partial charge on any atom is 0.311 e. The largest absolute Gasteiger partial charge is 0.496 e. The predicted octanol–water partition coefficient (Wildman–Crippen LogP) is 3.03. The van der Waals surface area contributed by atoms with Gasteiger partial charge in [0.1, 0.15) is 12.4 Å². The maximum atomic E-state index is 11.1. The highest BCUT2D eigenvalue weighted by atomic mass is 16.6. The van der Waals surface area contributed by atoms with E-state index in [2.05, 4.69) is 11.2 Å². The molecule has 2 aromatic carbocycles. The number of oxime groups is 1. The lowest BCUT2D eigenvalue weighted by Crippen LogP contribution is -1.99. The Hall–Kier alpha value is -3.60. The number of nitro groups is 1. The molecule has 0 unspecified atom stereocenters. The molecule has 0 amide bonds. The van der Waals surface area contributed by atoms with E-state index in [1.165, 1.54) is 32.6 Å². The second kappa shape index (κ2) is 8.31. The highest BCUT2D eigenvalue weighted by Crippen LogP contribution is 2.33. The van der Waals surface area contributed by atoms with E-state index in [0.717, 1.165) is 0 Å². The van der Waals surface area contributed by atoms with Gasteiger partial charge in [-0.25, -0.2) is 0 Å². The number of nitrogens with zero attached hydrogens (tertiary/aromatic N) is 3. The van der Waals surface area contributed by atoms with Crippen molar-refractivity contribution in [2.24, 2.45) is 5.16 Å². The van der Waals surface area contributed by atoms with Crippen LogP contribution in [0.3, 0.4) is 0 Å². The van der Waals surface area contributed by atoms with Gasteiger partial charge in [-0.3, -0.25) is 10.1 Å². The minimum atomic E-state index is -0.556. The van der Waals surface area contributed by atoms with Crippen LogP contribution in [0, 0.1) is 21.4 Å². The standard InChI is InChI=1S/C17H15N3O5/c1-23-16-8-17(24-2)15(20(21)22)7-14(16)10-19-25-11-13-6-4-3-5-12(13)9-18/h3-8,10H,11H2,1-2H3/b19-10-.